The van der Waals surface area contributed by atoms with E-state index in [-0.39, 0.29) is 52.0 Å². The van der Waals surface area contributed by atoms with Gasteiger partial charge in [0.05, 0.1) is 43.4 Å². The minimum Gasteiger partial charge on any atom is -0.491 e. The number of cyclic esters (lactones) is 1. The van der Waals surface area contributed by atoms with Gasteiger partial charge in [0.25, 0.3) is 0 Å². The van der Waals surface area contributed by atoms with Crippen LogP contribution in [0.2, 0.25) is 0 Å². The molecule has 6 aromatic rings. The molecule has 5 aliphatic rings. The van der Waals surface area contributed by atoms with Gasteiger partial charge in [-0.2, -0.15) is 0 Å². The van der Waals surface area contributed by atoms with Gasteiger partial charge in [-0.15, -0.1) is 0 Å². The van der Waals surface area contributed by atoms with Gasteiger partial charge >= 0.3 is 12.1 Å². The summed E-state index contributed by atoms with van der Waals surface area (Å²) in [6.45, 7) is 2.94. The van der Waals surface area contributed by atoms with E-state index < -0.39 is 59.4 Å². The number of imide groups is 1. The molecule has 0 aliphatic carbocycles. The summed E-state index contributed by atoms with van der Waals surface area (Å²) in [6, 6.07) is 44.2. The van der Waals surface area contributed by atoms with E-state index >= 15 is 14.4 Å². The fraction of sp³-hybridized carbons (Fsp3) is 0.323. The molecule has 6 aromatic carbocycles. The Bertz CT molecular complexity index is 3220. The summed E-state index contributed by atoms with van der Waals surface area (Å²) in [5.74, 6) is 5.07. The van der Waals surface area contributed by atoms with E-state index in [1.54, 1.807) is 41.3 Å². The van der Waals surface area contributed by atoms with Crippen molar-refractivity contribution >= 4 is 29.6 Å². The number of piperazine rings is 1. The molecule has 11 rings (SSSR count). The monoisotopic (exact) mass is 1050 g/mol. The number of carbonyl (C=O) groups excluding carboxylic acids is 4. The number of ether oxygens (including phenoxy) is 6. The molecule has 16 nitrogen and oxygen atoms in total. The van der Waals surface area contributed by atoms with Crippen LogP contribution < -0.4 is 19.1 Å². The highest BCUT2D eigenvalue weighted by atomic mass is 16.7. The SMILES string of the molecule is COCCOC(=O)N1C(=O)C2(c3cc(C#CCN(C)Cc4ccccc4)ccc31)C(C(=O)N1CCN(Cc3ccc4c(c3)OCO4)CC1)C1C(=O)OC(c3ccccc3)C(c3ccccc3)N1C2c1cccc(OCCO)c1. The summed E-state index contributed by atoms with van der Waals surface area (Å²) in [5.41, 5.74) is 3.17. The Morgan fingerprint density at radius 2 is 1.46 bits per heavy atom. The van der Waals surface area contributed by atoms with Crippen molar-refractivity contribution in [3.8, 4) is 29.1 Å². The zero-order valence-corrected chi connectivity index (χ0v) is 43.6. The van der Waals surface area contributed by atoms with Crippen LogP contribution in [0.25, 0.3) is 0 Å². The molecule has 16 heteroatoms. The molecule has 0 bridgehead atoms. The Morgan fingerprint density at radius 3 is 2.21 bits per heavy atom. The smallest absolute Gasteiger partial charge is 0.421 e. The van der Waals surface area contributed by atoms with Gasteiger partial charge in [-0.3, -0.25) is 29.1 Å². The predicted molar refractivity (Wildman–Crippen MR) is 288 cm³/mol. The van der Waals surface area contributed by atoms with E-state index in [9.17, 15) is 9.90 Å². The molecule has 3 saturated heterocycles. The first-order chi connectivity index (χ1) is 38.2. The van der Waals surface area contributed by atoms with Gasteiger partial charge in [-0.1, -0.05) is 121 Å². The number of aliphatic hydroxyl groups excluding tert-OH is 1. The van der Waals surface area contributed by atoms with Crippen LogP contribution in [0.4, 0.5) is 10.5 Å². The van der Waals surface area contributed by atoms with E-state index in [1.807, 2.05) is 115 Å². The van der Waals surface area contributed by atoms with Gasteiger partial charge in [0, 0.05) is 51.9 Å². The Labute approximate surface area is 453 Å². The Balaban J connectivity index is 1.10. The summed E-state index contributed by atoms with van der Waals surface area (Å²) in [4.78, 5) is 72.9. The summed E-state index contributed by atoms with van der Waals surface area (Å²) < 4.78 is 35.1. The van der Waals surface area contributed by atoms with Crippen LogP contribution in [0.1, 0.15) is 57.1 Å². The quantitative estimate of drug-likeness (QED) is 0.0633. The van der Waals surface area contributed by atoms with Crippen molar-refractivity contribution in [1.82, 2.24) is 19.6 Å². The van der Waals surface area contributed by atoms with Gasteiger partial charge in [-0.05, 0) is 82.9 Å². The van der Waals surface area contributed by atoms with Crippen molar-refractivity contribution in [2.24, 2.45) is 5.92 Å². The Kier molecular flexibility index (Phi) is 15.3. The predicted octanol–water partition coefficient (Wildman–Crippen LogP) is 7.06. The number of carbonyl (C=O) groups is 4. The molecule has 0 aromatic heterocycles. The fourth-order valence-corrected chi connectivity index (χ4v) is 12.0. The molecule has 1 spiro atoms. The van der Waals surface area contributed by atoms with Crippen molar-refractivity contribution in [3.63, 3.8) is 0 Å². The highest BCUT2D eigenvalue weighted by Gasteiger charge is 2.76. The average molecular weight is 1050 g/mol. The molecule has 0 saturated carbocycles. The second kappa shape index (κ2) is 22.9. The van der Waals surface area contributed by atoms with Gasteiger partial charge in [-0.25, -0.2) is 9.69 Å². The van der Waals surface area contributed by atoms with Gasteiger partial charge in [0.1, 0.15) is 36.5 Å². The van der Waals surface area contributed by atoms with E-state index in [2.05, 4.69) is 33.8 Å². The zero-order valence-electron chi connectivity index (χ0n) is 43.6. The number of anilines is 1. The zero-order chi connectivity index (χ0) is 53.8. The summed E-state index contributed by atoms with van der Waals surface area (Å²) in [6.07, 6.45) is -1.89. The van der Waals surface area contributed by atoms with Crippen LogP contribution in [-0.4, -0.2) is 135 Å². The van der Waals surface area contributed by atoms with Crippen LogP contribution >= 0.6 is 0 Å². The molecule has 3 amide bonds. The third-order valence-corrected chi connectivity index (χ3v) is 15.4. The second-order valence-corrected chi connectivity index (χ2v) is 20.1. The molecule has 78 heavy (non-hydrogen) atoms. The van der Waals surface area contributed by atoms with Gasteiger partial charge < -0.3 is 38.4 Å². The highest BCUT2D eigenvalue weighted by molar-refractivity contribution is 6.23. The number of aliphatic hydroxyl groups is 1. The molecular weight excluding hydrogens is 991 g/mol. The normalized spacial score (nSPS) is 22.4. The van der Waals surface area contributed by atoms with E-state index in [0.29, 0.717) is 72.2 Å². The summed E-state index contributed by atoms with van der Waals surface area (Å²) in [7, 11) is 3.47. The average Bonchev–Trinajstić information content (AvgIpc) is 3.12. The lowest BCUT2D eigenvalue weighted by Crippen LogP contribution is -2.59. The van der Waals surface area contributed by atoms with Crippen LogP contribution in [0.5, 0.6) is 17.2 Å². The molecule has 1 N–H and O–H groups in total. The Hall–Kier alpha value is -8.04. The van der Waals surface area contributed by atoms with Crippen molar-refractivity contribution in [2.45, 2.75) is 42.7 Å². The van der Waals surface area contributed by atoms with Crippen molar-refractivity contribution < 1.29 is 52.7 Å². The van der Waals surface area contributed by atoms with Crippen molar-refractivity contribution in [3.05, 3.63) is 191 Å². The highest BCUT2D eigenvalue weighted by Crippen LogP contribution is 2.66. The standard InChI is InChI=1S/C62H61N5O11/c1-63(39-43-14-6-3-7-15-43)27-13-16-42-23-25-50-49(36-42)62(60(71)66(50)61(72)75-35-34-73-2)53(58(69)65-30-28-64(29-31-65)40-44-24-26-51-52(37-44)77-41-76-51)55-59(70)78-56(46-19-10-5-11-20-46)54(45-17-8-4-9-18-45)67(55)57(62)47-21-12-22-48(38-47)74-33-32-68/h3-12,14-15,17-26,36-38,53-57,68H,27-35,39-41H2,1-2H3. The molecule has 6 atom stereocenters. The first kappa shape index (κ1) is 52.0. The van der Waals surface area contributed by atoms with E-state index in [1.165, 1.54) is 7.11 Å². The number of hydrogen-bond donors (Lipinski definition) is 1. The molecule has 400 valence electrons. The van der Waals surface area contributed by atoms with Gasteiger partial charge in [0.15, 0.2) is 11.5 Å². The van der Waals surface area contributed by atoms with E-state index in [4.69, 9.17) is 28.4 Å². The third-order valence-electron chi connectivity index (χ3n) is 15.4. The Morgan fingerprint density at radius 1 is 0.744 bits per heavy atom. The largest absolute Gasteiger partial charge is 0.491 e. The lowest BCUT2D eigenvalue weighted by molar-refractivity contribution is -0.179. The molecular formula is C62H61N5O11. The fourth-order valence-electron chi connectivity index (χ4n) is 12.0. The number of fused-ring (bicyclic) bond motifs is 4. The van der Waals surface area contributed by atoms with Crippen LogP contribution in [-0.2, 0) is 47.1 Å². The topological polar surface area (TPSA) is 160 Å². The molecule has 5 aliphatic heterocycles. The first-order valence-electron chi connectivity index (χ1n) is 26.3. The summed E-state index contributed by atoms with van der Waals surface area (Å²) >= 11 is 0. The number of rotatable bonds is 15. The number of morpholine rings is 1. The maximum atomic E-state index is 16.8. The lowest BCUT2D eigenvalue weighted by Gasteiger charge is -2.46. The third kappa shape index (κ3) is 9.95. The summed E-state index contributed by atoms with van der Waals surface area (Å²) in [5, 5.41) is 9.93. The number of nitrogens with zero attached hydrogens (tertiary/aromatic N) is 5. The van der Waals surface area contributed by atoms with Crippen LogP contribution in [0, 0.1) is 17.8 Å². The molecule has 6 unspecified atom stereocenters. The van der Waals surface area contributed by atoms with Gasteiger partial charge in [0.2, 0.25) is 18.6 Å². The first-order valence-corrected chi connectivity index (χ1v) is 26.3. The minimum absolute atomic E-state index is 0.0200. The van der Waals surface area contributed by atoms with Crippen molar-refractivity contribution in [1.29, 1.82) is 0 Å². The molecule has 3 fully saturated rings. The number of amides is 3. The maximum Gasteiger partial charge on any atom is 0.421 e. The number of hydrogen-bond acceptors (Lipinski definition) is 14. The van der Waals surface area contributed by atoms with Crippen LogP contribution in [0.3, 0.4) is 0 Å². The maximum absolute atomic E-state index is 16.8. The molecule has 0 radical (unpaired) electrons. The number of methoxy groups -OCH3 is 1. The lowest BCUT2D eigenvalue weighted by atomic mass is 9.64. The number of esters is 1. The minimum atomic E-state index is -2.03. The second-order valence-electron chi connectivity index (χ2n) is 20.1. The van der Waals surface area contributed by atoms with Crippen LogP contribution in [0.15, 0.2) is 152 Å². The molecule has 5 heterocycles. The van der Waals surface area contributed by atoms with Crippen molar-refractivity contribution in [2.75, 3.05) is 85.0 Å². The number of benzene rings is 6. The van der Waals surface area contributed by atoms with E-state index in [0.717, 1.165) is 21.6 Å².